The van der Waals surface area contributed by atoms with Gasteiger partial charge in [-0.3, -0.25) is 10.1 Å². The number of esters is 2. The van der Waals surface area contributed by atoms with Crippen molar-refractivity contribution in [1.82, 2.24) is 4.90 Å². The second-order valence-electron chi connectivity index (χ2n) is 6.79. The van der Waals surface area contributed by atoms with Crippen molar-refractivity contribution in [2.75, 3.05) is 14.2 Å². The van der Waals surface area contributed by atoms with Crippen molar-refractivity contribution in [3.8, 4) is 0 Å². The molecule has 1 aromatic carbocycles. The van der Waals surface area contributed by atoms with Crippen molar-refractivity contribution >= 4 is 17.6 Å². The molecule has 150 valence electrons. The third-order valence-electron chi connectivity index (χ3n) is 4.75. The fourth-order valence-electron chi connectivity index (χ4n) is 3.24. The Morgan fingerprint density at radius 3 is 2.21 bits per heavy atom. The number of rotatable bonds is 5. The summed E-state index contributed by atoms with van der Waals surface area (Å²) < 4.78 is 10.4. The van der Waals surface area contributed by atoms with Gasteiger partial charge in [-0.2, -0.15) is 0 Å². The molecule has 1 unspecified atom stereocenters. The zero-order valence-electron chi connectivity index (χ0n) is 16.8. The first-order chi connectivity index (χ1) is 13.1. The third-order valence-corrected chi connectivity index (χ3v) is 4.75. The number of hydrogen-bond acceptors (Lipinski definition) is 7. The second kappa shape index (κ2) is 8.24. The maximum atomic E-state index is 12.9. The van der Waals surface area contributed by atoms with Gasteiger partial charge in [-0.1, -0.05) is 12.1 Å². The van der Waals surface area contributed by atoms with Crippen molar-refractivity contribution in [2.45, 2.75) is 39.7 Å². The van der Waals surface area contributed by atoms with E-state index in [1.807, 2.05) is 0 Å². The number of nitro groups is 1. The molecule has 0 aromatic heterocycles. The first-order valence-corrected chi connectivity index (χ1v) is 8.79. The summed E-state index contributed by atoms with van der Waals surface area (Å²) in [5, 5.41) is 11.2. The topological polar surface area (TPSA) is 99.0 Å². The van der Waals surface area contributed by atoms with Crippen molar-refractivity contribution in [1.29, 1.82) is 0 Å². The molecule has 1 atom stereocenters. The van der Waals surface area contributed by atoms with E-state index in [1.54, 1.807) is 45.7 Å². The fourth-order valence-corrected chi connectivity index (χ4v) is 3.24. The summed E-state index contributed by atoms with van der Waals surface area (Å²) in [4.78, 5) is 38.0. The second-order valence-corrected chi connectivity index (χ2v) is 6.79. The molecule has 1 aliphatic rings. The Bertz CT molecular complexity index is 884. The van der Waals surface area contributed by atoms with Crippen molar-refractivity contribution < 1.29 is 24.0 Å². The number of methoxy groups -OCH3 is 1. The van der Waals surface area contributed by atoms with Crippen LogP contribution < -0.4 is 0 Å². The Morgan fingerprint density at radius 2 is 1.71 bits per heavy atom. The molecule has 0 N–H and O–H groups in total. The van der Waals surface area contributed by atoms with Crippen LogP contribution in [-0.4, -0.2) is 42.0 Å². The Morgan fingerprint density at radius 1 is 1.14 bits per heavy atom. The van der Waals surface area contributed by atoms with Gasteiger partial charge in [0.25, 0.3) is 5.69 Å². The number of carbonyl (C=O) groups is 2. The molecule has 1 heterocycles. The maximum absolute atomic E-state index is 12.9. The van der Waals surface area contributed by atoms with E-state index in [9.17, 15) is 19.7 Å². The van der Waals surface area contributed by atoms with Gasteiger partial charge in [0.05, 0.1) is 35.2 Å². The summed E-state index contributed by atoms with van der Waals surface area (Å²) in [6, 6.07) is 5.89. The van der Waals surface area contributed by atoms with Crippen molar-refractivity contribution in [3.63, 3.8) is 0 Å². The summed E-state index contributed by atoms with van der Waals surface area (Å²) >= 11 is 0. The van der Waals surface area contributed by atoms with Crippen LogP contribution in [0.25, 0.3) is 0 Å². The smallest absolute Gasteiger partial charge is 0.337 e. The van der Waals surface area contributed by atoms with E-state index in [0.717, 1.165) is 0 Å². The predicted molar refractivity (Wildman–Crippen MR) is 102 cm³/mol. The molecule has 2 rings (SSSR count). The highest BCUT2D eigenvalue weighted by Crippen LogP contribution is 2.42. The maximum Gasteiger partial charge on any atom is 0.337 e. The summed E-state index contributed by atoms with van der Waals surface area (Å²) in [6.45, 7) is 6.94. The molecule has 0 amide bonds. The number of hydrogen-bond donors (Lipinski definition) is 0. The number of allylic oxidation sites excluding steroid dienone is 2. The molecule has 28 heavy (non-hydrogen) atoms. The summed E-state index contributed by atoms with van der Waals surface area (Å²) in [6.07, 6.45) is -0.363. The Hall–Kier alpha value is -3.16. The number of benzene rings is 1. The summed E-state index contributed by atoms with van der Waals surface area (Å²) in [7, 11) is 2.99. The lowest BCUT2D eigenvalue weighted by Crippen LogP contribution is -2.34. The van der Waals surface area contributed by atoms with E-state index in [1.165, 1.54) is 25.3 Å². The lowest BCUT2D eigenvalue weighted by atomic mass is 9.79. The van der Waals surface area contributed by atoms with Crippen LogP contribution in [0.4, 0.5) is 5.69 Å². The molecule has 8 nitrogen and oxygen atoms in total. The minimum Gasteiger partial charge on any atom is -0.466 e. The number of nitro benzene ring substituents is 1. The van der Waals surface area contributed by atoms with E-state index in [2.05, 4.69) is 0 Å². The van der Waals surface area contributed by atoms with Crippen molar-refractivity contribution in [3.05, 3.63) is 62.5 Å². The van der Waals surface area contributed by atoms with Gasteiger partial charge in [0, 0.05) is 30.6 Å². The van der Waals surface area contributed by atoms with E-state index < -0.39 is 22.8 Å². The van der Waals surface area contributed by atoms with Crippen LogP contribution in [-0.2, 0) is 19.1 Å². The third kappa shape index (κ3) is 3.90. The molecule has 0 bridgehead atoms. The Labute approximate surface area is 163 Å². The SMILES string of the molecule is COC(=O)C1=C(C)N(C)C(C)=C(C(=O)OC(C)C)C1c1cccc([N+](=O)[O-])c1. The van der Waals surface area contributed by atoms with E-state index >= 15 is 0 Å². The Kier molecular flexibility index (Phi) is 6.23. The first kappa shape index (κ1) is 21.1. The van der Waals surface area contributed by atoms with Gasteiger partial charge in [0.1, 0.15) is 0 Å². The van der Waals surface area contributed by atoms with Gasteiger partial charge in [-0.05, 0) is 33.3 Å². The van der Waals surface area contributed by atoms with Gasteiger partial charge in [0.15, 0.2) is 0 Å². The molecule has 0 radical (unpaired) electrons. The molecule has 8 heteroatoms. The Balaban J connectivity index is 2.77. The van der Waals surface area contributed by atoms with Crippen LogP contribution in [0.15, 0.2) is 46.8 Å². The lowest BCUT2D eigenvalue weighted by Gasteiger charge is -2.35. The standard InChI is InChI=1S/C20H24N2O6/c1-11(2)28-20(24)17-13(4)21(5)12(3)16(19(23)27-6)18(17)14-8-7-9-15(10-14)22(25)26/h7-11,18H,1-6H3. The zero-order chi connectivity index (χ0) is 21.2. The van der Waals surface area contributed by atoms with Gasteiger partial charge in [0.2, 0.25) is 0 Å². The molecule has 1 aromatic rings. The van der Waals surface area contributed by atoms with Crippen molar-refractivity contribution in [2.24, 2.45) is 0 Å². The van der Waals surface area contributed by atoms with E-state index in [0.29, 0.717) is 17.0 Å². The van der Waals surface area contributed by atoms with Crippen LogP contribution in [0.1, 0.15) is 39.2 Å². The average Bonchev–Trinajstić information content (AvgIpc) is 2.64. The van der Waals surface area contributed by atoms with Crippen LogP contribution in [0.3, 0.4) is 0 Å². The largest absolute Gasteiger partial charge is 0.466 e. The normalized spacial score (nSPS) is 17.1. The fraction of sp³-hybridized carbons (Fsp3) is 0.400. The van der Waals surface area contributed by atoms with E-state index in [-0.39, 0.29) is 22.9 Å². The van der Waals surface area contributed by atoms with Gasteiger partial charge < -0.3 is 14.4 Å². The molecule has 0 aliphatic carbocycles. The van der Waals surface area contributed by atoms with Crippen LogP contribution in [0.5, 0.6) is 0 Å². The minimum absolute atomic E-state index is 0.132. The molecule has 0 spiro atoms. The molecular formula is C20H24N2O6. The van der Waals surface area contributed by atoms with Gasteiger partial charge in [-0.15, -0.1) is 0 Å². The summed E-state index contributed by atoms with van der Waals surface area (Å²) in [5.74, 6) is -2.03. The highest BCUT2D eigenvalue weighted by atomic mass is 16.6. The number of carbonyl (C=O) groups excluding carboxylic acids is 2. The molecule has 0 saturated carbocycles. The quantitative estimate of drug-likeness (QED) is 0.433. The monoisotopic (exact) mass is 388 g/mol. The number of ether oxygens (including phenoxy) is 2. The van der Waals surface area contributed by atoms with Crippen LogP contribution in [0.2, 0.25) is 0 Å². The molecule has 0 fully saturated rings. The highest BCUT2D eigenvalue weighted by molar-refractivity contribution is 5.99. The molecular weight excluding hydrogens is 364 g/mol. The molecule has 0 saturated heterocycles. The average molecular weight is 388 g/mol. The van der Waals surface area contributed by atoms with E-state index in [4.69, 9.17) is 9.47 Å². The van der Waals surface area contributed by atoms with Crippen LogP contribution >= 0.6 is 0 Å². The minimum atomic E-state index is -0.838. The number of nitrogens with zero attached hydrogens (tertiary/aromatic N) is 2. The molecule has 1 aliphatic heterocycles. The zero-order valence-corrected chi connectivity index (χ0v) is 16.8. The van der Waals surface area contributed by atoms with Gasteiger partial charge in [-0.25, -0.2) is 9.59 Å². The van der Waals surface area contributed by atoms with Crippen LogP contribution in [0, 0.1) is 10.1 Å². The first-order valence-electron chi connectivity index (χ1n) is 8.79. The highest BCUT2D eigenvalue weighted by Gasteiger charge is 2.40. The number of non-ortho nitro benzene ring substituents is 1. The summed E-state index contributed by atoms with van der Waals surface area (Å²) in [5.41, 5.74) is 2.01. The van der Waals surface area contributed by atoms with Gasteiger partial charge >= 0.3 is 11.9 Å². The lowest BCUT2D eigenvalue weighted by molar-refractivity contribution is -0.384. The predicted octanol–water partition coefficient (Wildman–Crippen LogP) is 3.30.